The fraction of sp³-hybridized carbons (Fsp3) is 0.500. The van der Waals surface area contributed by atoms with Crippen LogP contribution < -0.4 is 16.6 Å². The number of nitrogen functional groups attached to an aromatic ring is 1. The monoisotopic (exact) mass is 286 g/mol. The van der Waals surface area contributed by atoms with Gasteiger partial charge in [-0.1, -0.05) is 19.8 Å². The van der Waals surface area contributed by atoms with Crippen LogP contribution in [0.4, 0.5) is 11.4 Å². The maximum atomic E-state index is 11.7. The summed E-state index contributed by atoms with van der Waals surface area (Å²) in [7, 11) is 0. The zero-order valence-corrected chi connectivity index (χ0v) is 12.4. The van der Waals surface area contributed by atoms with Crippen molar-refractivity contribution in [3.63, 3.8) is 0 Å². The Kier molecular flexibility index (Phi) is 3.82. The molecule has 3 rings (SSSR count). The quantitative estimate of drug-likeness (QED) is 0.757. The predicted octanol–water partition coefficient (Wildman–Crippen LogP) is 2.74. The summed E-state index contributed by atoms with van der Waals surface area (Å²) in [5.74, 6) is 1.52. The molecule has 1 aromatic heterocycles. The molecule has 1 heterocycles. The number of nitrogens with two attached hydrogens (primary N) is 1. The first-order valence-electron chi connectivity index (χ1n) is 7.64. The van der Waals surface area contributed by atoms with E-state index < -0.39 is 0 Å². The topological polar surface area (TPSA) is 83.8 Å². The fourth-order valence-electron chi connectivity index (χ4n) is 3.28. The highest BCUT2D eigenvalue weighted by molar-refractivity contribution is 5.88. The third-order valence-electron chi connectivity index (χ3n) is 4.44. The smallest absolute Gasteiger partial charge is 0.258 e. The number of aromatic amines is 1. The Morgan fingerprint density at radius 2 is 2.29 bits per heavy atom. The van der Waals surface area contributed by atoms with Gasteiger partial charge in [0.05, 0.1) is 28.6 Å². The SMILES string of the molecule is CC1CCCC(CNc2cc3nc[nH]c(=O)c3cc2N)C1. The van der Waals surface area contributed by atoms with Crippen molar-refractivity contribution < 1.29 is 0 Å². The second-order valence-corrected chi connectivity index (χ2v) is 6.21. The molecular weight excluding hydrogens is 264 g/mol. The number of fused-ring (bicyclic) bond motifs is 1. The van der Waals surface area contributed by atoms with E-state index in [4.69, 9.17) is 5.73 Å². The summed E-state index contributed by atoms with van der Waals surface area (Å²) in [5.41, 5.74) is 8.05. The first-order valence-corrected chi connectivity index (χ1v) is 7.64. The van der Waals surface area contributed by atoms with Gasteiger partial charge in [-0.15, -0.1) is 0 Å². The molecule has 1 fully saturated rings. The number of nitrogens with one attached hydrogen (secondary N) is 2. The minimum atomic E-state index is -0.153. The third-order valence-corrected chi connectivity index (χ3v) is 4.44. The Bertz CT molecular complexity index is 694. The van der Waals surface area contributed by atoms with Crippen LogP contribution in [0, 0.1) is 11.8 Å². The van der Waals surface area contributed by atoms with Crippen molar-refractivity contribution in [2.24, 2.45) is 11.8 Å². The lowest BCUT2D eigenvalue weighted by Crippen LogP contribution is -2.21. The van der Waals surface area contributed by atoms with E-state index >= 15 is 0 Å². The molecular formula is C16H22N4O. The number of anilines is 2. The number of H-pyrrole nitrogens is 1. The summed E-state index contributed by atoms with van der Waals surface area (Å²) in [5, 5.41) is 3.97. The molecule has 5 heteroatoms. The van der Waals surface area contributed by atoms with Gasteiger partial charge in [0.1, 0.15) is 0 Å². The standard InChI is InChI=1S/C16H22N4O/c1-10-3-2-4-11(5-10)8-18-15-7-14-12(6-13(15)17)16(21)20-9-19-14/h6-7,9-11,18H,2-5,8,17H2,1H3,(H,19,20,21). The molecule has 1 aliphatic carbocycles. The van der Waals surface area contributed by atoms with Crippen LogP contribution in [0.5, 0.6) is 0 Å². The van der Waals surface area contributed by atoms with E-state index in [9.17, 15) is 4.79 Å². The van der Waals surface area contributed by atoms with E-state index in [1.54, 1.807) is 6.07 Å². The van der Waals surface area contributed by atoms with Crippen LogP contribution in [-0.2, 0) is 0 Å². The number of hydrogen-bond acceptors (Lipinski definition) is 4. The number of rotatable bonds is 3. The van der Waals surface area contributed by atoms with Gasteiger partial charge in [0.2, 0.25) is 0 Å². The second-order valence-electron chi connectivity index (χ2n) is 6.21. The molecule has 2 aromatic rings. The molecule has 5 nitrogen and oxygen atoms in total. The van der Waals surface area contributed by atoms with E-state index in [0.717, 1.165) is 18.2 Å². The second kappa shape index (κ2) is 5.76. The highest BCUT2D eigenvalue weighted by Gasteiger charge is 2.18. The highest BCUT2D eigenvalue weighted by Crippen LogP contribution is 2.30. The Morgan fingerprint density at radius 3 is 3.10 bits per heavy atom. The fourth-order valence-corrected chi connectivity index (χ4v) is 3.28. The minimum absolute atomic E-state index is 0.153. The minimum Gasteiger partial charge on any atom is -0.397 e. The lowest BCUT2D eigenvalue weighted by molar-refractivity contribution is 0.293. The maximum Gasteiger partial charge on any atom is 0.258 e. The van der Waals surface area contributed by atoms with Crippen LogP contribution in [0.25, 0.3) is 10.9 Å². The number of benzene rings is 1. The van der Waals surface area contributed by atoms with Gasteiger partial charge in [-0.05, 0) is 36.8 Å². The Labute approximate surface area is 124 Å². The van der Waals surface area contributed by atoms with Gasteiger partial charge in [-0.3, -0.25) is 4.79 Å². The molecule has 2 atom stereocenters. The van der Waals surface area contributed by atoms with Crippen LogP contribution in [-0.4, -0.2) is 16.5 Å². The van der Waals surface area contributed by atoms with Gasteiger partial charge in [0.25, 0.3) is 5.56 Å². The molecule has 0 aliphatic heterocycles. The first-order chi connectivity index (χ1) is 10.1. The van der Waals surface area contributed by atoms with Gasteiger partial charge in [0.15, 0.2) is 0 Å². The number of nitrogens with zero attached hydrogens (tertiary/aromatic N) is 1. The van der Waals surface area contributed by atoms with E-state index in [1.807, 2.05) is 6.07 Å². The molecule has 1 aliphatic rings. The van der Waals surface area contributed by atoms with Crippen molar-refractivity contribution in [3.05, 3.63) is 28.8 Å². The lowest BCUT2D eigenvalue weighted by atomic mass is 9.82. The van der Waals surface area contributed by atoms with Gasteiger partial charge >= 0.3 is 0 Å². The molecule has 1 aromatic carbocycles. The van der Waals surface area contributed by atoms with Crippen LogP contribution >= 0.6 is 0 Å². The van der Waals surface area contributed by atoms with Crippen LogP contribution in [0.15, 0.2) is 23.3 Å². The normalized spacial score (nSPS) is 22.3. The summed E-state index contributed by atoms with van der Waals surface area (Å²) < 4.78 is 0. The average Bonchev–Trinajstić information content (AvgIpc) is 2.46. The summed E-state index contributed by atoms with van der Waals surface area (Å²) in [6.07, 6.45) is 6.65. The zero-order valence-electron chi connectivity index (χ0n) is 12.4. The van der Waals surface area contributed by atoms with Crippen molar-refractivity contribution >= 4 is 22.3 Å². The van der Waals surface area contributed by atoms with Crippen molar-refractivity contribution in [1.29, 1.82) is 0 Å². The van der Waals surface area contributed by atoms with Crippen molar-refractivity contribution in [1.82, 2.24) is 9.97 Å². The number of aromatic nitrogens is 2. The first kappa shape index (κ1) is 13.9. The van der Waals surface area contributed by atoms with Crippen LogP contribution in [0.3, 0.4) is 0 Å². The summed E-state index contributed by atoms with van der Waals surface area (Å²) in [6.45, 7) is 3.26. The van der Waals surface area contributed by atoms with E-state index in [1.165, 1.54) is 32.0 Å². The molecule has 0 spiro atoms. The van der Waals surface area contributed by atoms with Crippen LogP contribution in [0.2, 0.25) is 0 Å². The summed E-state index contributed by atoms with van der Waals surface area (Å²) >= 11 is 0. The average molecular weight is 286 g/mol. The summed E-state index contributed by atoms with van der Waals surface area (Å²) in [4.78, 5) is 18.5. The number of hydrogen-bond donors (Lipinski definition) is 3. The predicted molar refractivity (Wildman–Crippen MR) is 86.4 cm³/mol. The molecule has 21 heavy (non-hydrogen) atoms. The van der Waals surface area contributed by atoms with Gasteiger partial charge < -0.3 is 16.0 Å². The third kappa shape index (κ3) is 3.01. The molecule has 112 valence electrons. The highest BCUT2D eigenvalue weighted by atomic mass is 16.1. The lowest BCUT2D eigenvalue weighted by Gasteiger charge is -2.27. The van der Waals surface area contributed by atoms with Crippen molar-refractivity contribution in [2.45, 2.75) is 32.6 Å². The Morgan fingerprint density at radius 1 is 1.43 bits per heavy atom. The van der Waals surface area contributed by atoms with Gasteiger partial charge in [0, 0.05) is 6.54 Å². The van der Waals surface area contributed by atoms with E-state index in [-0.39, 0.29) is 5.56 Å². The molecule has 0 radical (unpaired) electrons. The van der Waals surface area contributed by atoms with Gasteiger partial charge in [-0.2, -0.15) is 0 Å². The maximum absolute atomic E-state index is 11.7. The van der Waals surface area contributed by atoms with Crippen molar-refractivity contribution in [2.75, 3.05) is 17.6 Å². The Balaban J connectivity index is 1.77. The van der Waals surface area contributed by atoms with Gasteiger partial charge in [-0.25, -0.2) is 4.98 Å². The summed E-state index contributed by atoms with van der Waals surface area (Å²) in [6, 6.07) is 3.57. The molecule has 0 bridgehead atoms. The molecule has 4 N–H and O–H groups in total. The zero-order chi connectivity index (χ0) is 14.8. The van der Waals surface area contributed by atoms with E-state index in [0.29, 0.717) is 22.5 Å². The van der Waals surface area contributed by atoms with Crippen molar-refractivity contribution in [3.8, 4) is 0 Å². The van der Waals surface area contributed by atoms with E-state index in [2.05, 4.69) is 22.2 Å². The Hall–Kier alpha value is -2.04. The molecule has 0 amide bonds. The largest absolute Gasteiger partial charge is 0.397 e. The molecule has 2 unspecified atom stereocenters. The van der Waals surface area contributed by atoms with Crippen LogP contribution in [0.1, 0.15) is 32.6 Å². The molecule has 0 saturated heterocycles. The molecule has 1 saturated carbocycles.